The fourth-order valence-corrected chi connectivity index (χ4v) is 2.66. The van der Waals surface area contributed by atoms with Crippen molar-refractivity contribution in [1.29, 1.82) is 0 Å². The zero-order valence-corrected chi connectivity index (χ0v) is 15.6. The summed E-state index contributed by atoms with van der Waals surface area (Å²) in [7, 11) is 0. The molecule has 0 radical (unpaired) electrons. The molecule has 4 N–H and O–H groups in total. The van der Waals surface area contributed by atoms with Crippen LogP contribution in [0.5, 0.6) is 0 Å². The Kier molecular flexibility index (Phi) is 8.68. The van der Waals surface area contributed by atoms with Crippen LogP contribution in [0, 0.1) is 0 Å². The summed E-state index contributed by atoms with van der Waals surface area (Å²) in [5.41, 5.74) is 3.57. The van der Waals surface area contributed by atoms with Crippen LogP contribution >= 0.6 is 0 Å². The predicted molar refractivity (Wildman–Crippen MR) is 104 cm³/mol. The molecule has 0 aliphatic rings. The molecular weight excluding hydrogens is 358 g/mol. The van der Waals surface area contributed by atoms with E-state index in [1.165, 1.54) is 5.48 Å². The minimum Gasteiger partial charge on any atom is -0.353 e. The first-order valence-corrected chi connectivity index (χ1v) is 9.16. The van der Waals surface area contributed by atoms with Crippen LogP contribution in [0.1, 0.15) is 24.0 Å². The lowest BCUT2D eigenvalue weighted by molar-refractivity contribution is -0.135. The fourth-order valence-electron chi connectivity index (χ4n) is 2.66. The molecule has 3 amide bonds. The number of nitrogens with one attached hydrogen (secondary N) is 3. The van der Waals surface area contributed by atoms with Crippen molar-refractivity contribution >= 4 is 17.7 Å². The number of carbonyl (C=O) groups excluding carboxylic acids is 3. The Labute approximate surface area is 164 Å². The largest absolute Gasteiger partial charge is 0.353 e. The molecule has 0 fully saturated rings. The molecule has 0 spiro atoms. The molecule has 2 aromatic carbocycles. The molecule has 7 heteroatoms. The van der Waals surface area contributed by atoms with Gasteiger partial charge in [0.1, 0.15) is 6.04 Å². The van der Waals surface area contributed by atoms with E-state index >= 15 is 0 Å². The van der Waals surface area contributed by atoms with Crippen LogP contribution in [0.2, 0.25) is 0 Å². The number of amides is 3. The number of hydrogen-bond acceptors (Lipinski definition) is 4. The maximum Gasteiger partial charge on any atom is 0.267 e. The zero-order valence-electron chi connectivity index (χ0n) is 15.6. The normalized spacial score (nSPS) is 11.3. The van der Waals surface area contributed by atoms with Crippen LogP contribution in [-0.4, -0.2) is 35.5 Å². The van der Waals surface area contributed by atoms with Crippen LogP contribution in [0.25, 0.3) is 0 Å². The molecule has 0 saturated heterocycles. The molecular formula is C21H25N3O4. The highest BCUT2D eigenvalue weighted by Crippen LogP contribution is 2.03. The molecule has 0 aliphatic carbocycles. The van der Waals surface area contributed by atoms with Crippen molar-refractivity contribution in [3.8, 4) is 0 Å². The summed E-state index contributed by atoms with van der Waals surface area (Å²) >= 11 is 0. The summed E-state index contributed by atoms with van der Waals surface area (Å²) in [6.07, 6.45) is 1.57. The Balaban J connectivity index is 1.77. The molecule has 0 aromatic heterocycles. The van der Waals surface area contributed by atoms with E-state index in [4.69, 9.17) is 5.21 Å². The maximum atomic E-state index is 12.1. The Morgan fingerprint density at radius 1 is 0.786 bits per heavy atom. The van der Waals surface area contributed by atoms with Gasteiger partial charge in [-0.3, -0.25) is 19.6 Å². The number of rotatable bonds is 10. The summed E-state index contributed by atoms with van der Waals surface area (Å²) in [6.45, 7) is -0.100. The summed E-state index contributed by atoms with van der Waals surface area (Å²) in [4.78, 5) is 35.9. The summed E-state index contributed by atoms with van der Waals surface area (Å²) in [5, 5.41) is 14.0. The highest BCUT2D eigenvalue weighted by molar-refractivity contribution is 5.88. The molecule has 1 atom stereocenters. The highest BCUT2D eigenvalue weighted by Gasteiger charge is 2.21. The van der Waals surface area contributed by atoms with Crippen molar-refractivity contribution < 1.29 is 19.6 Å². The summed E-state index contributed by atoms with van der Waals surface area (Å²) in [5.74, 6) is -1.36. The SMILES string of the molecule is O=C(CCc1ccccc1)NC[C@H](NC(=O)CCc1ccccc1)C(=O)NO. The van der Waals surface area contributed by atoms with Crippen LogP contribution in [0.3, 0.4) is 0 Å². The van der Waals surface area contributed by atoms with Crippen LogP contribution in [0.15, 0.2) is 60.7 Å². The number of benzene rings is 2. The van der Waals surface area contributed by atoms with Gasteiger partial charge in [-0.15, -0.1) is 0 Å². The van der Waals surface area contributed by atoms with Gasteiger partial charge in [0.05, 0.1) is 0 Å². The molecule has 0 aliphatic heterocycles. The van der Waals surface area contributed by atoms with Gasteiger partial charge in [-0.05, 0) is 24.0 Å². The first kappa shape index (κ1) is 21.1. The number of carbonyl (C=O) groups is 3. The Bertz CT molecular complexity index is 766. The van der Waals surface area contributed by atoms with Crippen LogP contribution < -0.4 is 16.1 Å². The second-order valence-corrected chi connectivity index (χ2v) is 6.37. The zero-order chi connectivity index (χ0) is 20.2. The second-order valence-electron chi connectivity index (χ2n) is 6.37. The lowest BCUT2D eigenvalue weighted by Gasteiger charge is -2.17. The van der Waals surface area contributed by atoms with E-state index in [1.54, 1.807) is 0 Å². The van der Waals surface area contributed by atoms with Crippen molar-refractivity contribution in [3.05, 3.63) is 71.8 Å². The third-order valence-corrected chi connectivity index (χ3v) is 4.23. The van der Waals surface area contributed by atoms with Gasteiger partial charge in [-0.2, -0.15) is 0 Å². The van der Waals surface area contributed by atoms with Crippen LogP contribution in [0.4, 0.5) is 0 Å². The molecule has 2 rings (SSSR count). The average Bonchev–Trinajstić information content (AvgIpc) is 2.74. The number of hydroxylamine groups is 1. The summed E-state index contributed by atoms with van der Waals surface area (Å²) < 4.78 is 0. The first-order valence-electron chi connectivity index (χ1n) is 9.16. The first-order chi connectivity index (χ1) is 13.6. The van der Waals surface area contributed by atoms with E-state index in [1.807, 2.05) is 60.7 Å². The molecule has 148 valence electrons. The monoisotopic (exact) mass is 383 g/mol. The lowest BCUT2D eigenvalue weighted by atomic mass is 10.1. The second kappa shape index (κ2) is 11.5. The van der Waals surface area contributed by atoms with Gasteiger partial charge in [-0.25, -0.2) is 5.48 Å². The van der Waals surface area contributed by atoms with Gasteiger partial charge >= 0.3 is 0 Å². The maximum absolute atomic E-state index is 12.1. The fraction of sp³-hybridized carbons (Fsp3) is 0.286. The molecule has 0 bridgehead atoms. The van der Waals surface area contributed by atoms with Crippen molar-refractivity contribution in [2.75, 3.05) is 6.54 Å². The molecule has 0 saturated carbocycles. The van der Waals surface area contributed by atoms with E-state index in [0.29, 0.717) is 12.8 Å². The Morgan fingerprint density at radius 3 is 1.79 bits per heavy atom. The van der Waals surface area contributed by atoms with Crippen molar-refractivity contribution in [2.24, 2.45) is 0 Å². The van der Waals surface area contributed by atoms with Gasteiger partial charge in [0, 0.05) is 19.4 Å². The predicted octanol–water partition coefficient (Wildman–Crippen LogP) is 1.36. The standard InChI is InChI=1S/C21H25N3O4/c25-19(13-11-16-7-3-1-4-8-16)22-15-18(21(27)24-28)23-20(26)14-12-17-9-5-2-6-10-17/h1-10,18,28H,11-15H2,(H,22,25)(H,23,26)(H,24,27)/t18-/m0/s1. The van der Waals surface area contributed by atoms with Crippen LogP contribution in [-0.2, 0) is 27.2 Å². The van der Waals surface area contributed by atoms with E-state index in [9.17, 15) is 14.4 Å². The Morgan fingerprint density at radius 2 is 1.29 bits per heavy atom. The summed E-state index contributed by atoms with van der Waals surface area (Å²) in [6, 6.07) is 18.0. The molecule has 28 heavy (non-hydrogen) atoms. The van der Waals surface area contributed by atoms with Gasteiger partial charge < -0.3 is 10.6 Å². The third kappa shape index (κ3) is 7.59. The number of aryl methyl sites for hydroxylation is 2. The van der Waals surface area contributed by atoms with Gasteiger partial charge in [0.2, 0.25) is 11.8 Å². The average molecular weight is 383 g/mol. The smallest absolute Gasteiger partial charge is 0.267 e. The Hall–Kier alpha value is -3.19. The molecule has 7 nitrogen and oxygen atoms in total. The van der Waals surface area contributed by atoms with Crippen molar-refractivity contribution in [3.63, 3.8) is 0 Å². The minimum absolute atomic E-state index is 0.100. The quantitative estimate of drug-likeness (QED) is 0.367. The topological polar surface area (TPSA) is 108 Å². The van der Waals surface area contributed by atoms with E-state index < -0.39 is 11.9 Å². The lowest BCUT2D eigenvalue weighted by Crippen LogP contribution is -2.52. The third-order valence-electron chi connectivity index (χ3n) is 4.23. The molecule has 0 unspecified atom stereocenters. The minimum atomic E-state index is -1.05. The van der Waals surface area contributed by atoms with E-state index in [0.717, 1.165) is 11.1 Å². The highest BCUT2D eigenvalue weighted by atomic mass is 16.5. The van der Waals surface area contributed by atoms with Crippen molar-refractivity contribution in [2.45, 2.75) is 31.7 Å². The van der Waals surface area contributed by atoms with Gasteiger partial charge in [0.15, 0.2) is 0 Å². The number of hydrogen-bond donors (Lipinski definition) is 4. The van der Waals surface area contributed by atoms with Gasteiger partial charge in [-0.1, -0.05) is 60.7 Å². The molecule has 0 heterocycles. The van der Waals surface area contributed by atoms with E-state index in [2.05, 4.69) is 10.6 Å². The van der Waals surface area contributed by atoms with E-state index in [-0.39, 0.29) is 31.2 Å². The van der Waals surface area contributed by atoms with Gasteiger partial charge in [0.25, 0.3) is 5.91 Å². The molecule has 2 aromatic rings. The van der Waals surface area contributed by atoms with Crippen molar-refractivity contribution in [1.82, 2.24) is 16.1 Å².